The van der Waals surface area contributed by atoms with Crippen LogP contribution in [0.1, 0.15) is 39.8 Å². The summed E-state index contributed by atoms with van der Waals surface area (Å²) in [6.45, 7) is 7.26. The van der Waals surface area contributed by atoms with Gasteiger partial charge in [-0.3, -0.25) is 4.79 Å². The van der Waals surface area contributed by atoms with E-state index in [0.717, 1.165) is 28.2 Å². The molecule has 0 aliphatic rings. The molecule has 0 N–H and O–H groups in total. The zero-order chi connectivity index (χ0) is 17.8. The van der Waals surface area contributed by atoms with E-state index in [-0.39, 0.29) is 5.78 Å². The molecule has 0 amide bonds. The van der Waals surface area contributed by atoms with Crippen LogP contribution in [0.25, 0.3) is 5.69 Å². The Hall–Kier alpha value is -2.65. The lowest BCUT2D eigenvalue weighted by Crippen LogP contribution is -2.07. The molecule has 0 bridgehead atoms. The van der Waals surface area contributed by atoms with Gasteiger partial charge < -0.3 is 9.30 Å². The molecule has 1 aromatic heterocycles. The number of aryl methyl sites for hydroxylation is 1. The van der Waals surface area contributed by atoms with E-state index in [1.54, 1.807) is 0 Å². The molecule has 3 heteroatoms. The van der Waals surface area contributed by atoms with Crippen molar-refractivity contribution >= 4 is 5.78 Å². The largest absolute Gasteiger partial charge is 0.377 e. The van der Waals surface area contributed by atoms with Gasteiger partial charge in [-0.2, -0.15) is 0 Å². The summed E-state index contributed by atoms with van der Waals surface area (Å²) in [7, 11) is 0. The van der Waals surface area contributed by atoms with E-state index in [0.29, 0.717) is 18.8 Å². The second kappa shape index (κ2) is 7.49. The second-order valence-corrected chi connectivity index (χ2v) is 6.08. The highest BCUT2D eigenvalue weighted by Crippen LogP contribution is 2.25. The number of ether oxygens (including phenoxy) is 1. The van der Waals surface area contributed by atoms with E-state index in [9.17, 15) is 4.79 Å². The first-order chi connectivity index (χ1) is 12.1. The van der Waals surface area contributed by atoms with Crippen molar-refractivity contribution < 1.29 is 9.53 Å². The van der Waals surface area contributed by atoms with Crippen LogP contribution in [0.3, 0.4) is 0 Å². The molecule has 2 aromatic carbocycles. The van der Waals surface area contributed by atoms with Crippen molar-refractivity contribution in [3.05, 3.63) is 88.7 Å². The minimum atomic E-state index is 0.0576. The SMILES string of the molecule is CCOCc1ccccc1-n1c(C)cc(C(=O)c2ccccc2)c1C. The fourth-order valence-electron chi connectivity index (χ4n) is 3.17. The molecule has 0 spiro atoms. The number of aromatic nitrogens is 1. The van der Waals surface area contributed by atoms with Gasteiger partial charge >= 0.3 is 0 Å². The molecule has 128 valence electrons. The highest BCUT2D eigenvalue weighted by molar-refractivity contribution is 6.10. The number of rotatable bonds is 6. The van der Waals surface area contributed by atoms with Crippen LogP contribution in [-0.2, 0) is 11.3 Å². The third-order valence-corrected chi connectivity index (χ3v) is 4.41. The van der Waals surface area contributed by atoms with Crippen LogP contribution in [0.2, 0.25) is 0 Å². The van der Waals surface area contributed by atoms with Crippen LogP contribution in [0.15, 0.2) is 60.7 Å². The Balaban J connectivity index is 2.06. The molecule has 3 rings (SSSR count). The maximum Gasteiger partial charge on any atom is 0.194 e. The van der Waals surface area contributed by atoms with Crippen LogP contribution in [0.4, 0.5) is 0 Å². The number of hydrogen-bond acceptors (Lipinski definition) is 2. The lowest BCUT2D eigenvalue weighted by Gasteiger charge is -2.15. The Morgan fingerprint density at radius 1 is 1.00 bits per heavy atom. The molecule has 0 atom stereocenters. The summed E-state index contributed by atoms with van der Waals surface area (Å²) < 4.78 is 7.75. The van der Waals surface area contributed by atoms with Crippen molar-refractivity contribution in [2.75, 3.05) is 6.61 Å². The van der Waals surface area contributed by atoms with Crippen LogP contribution < -0.4 is 0 Å². The Kier molecular flexibility index (Phi) is 5.15. The van der Waals surface area contributed by atoms with E-state index in [2.05, 4.69) is 16.7 Å². The summed E-state index contributed by atoms with van der Waals surface area (Å²) in [6.07, 6.45) is 0. The van der Waals surface area contributed by atoms with Gasteiger partial charge in [-0.05, 0) is 32.9 Å². The van der Waals surface area contributed by atoms with Crippen molar-refractivity contribution in [2.45, 2.75) is 27.4 Å². The van der Waals surface area contributed by atoms with E-state index in [4.69, 9.17) is 4.74 Å². The molecule has 25 heavy (non-hydrogen) atoms. The van der Waals surface area contributed by atoms with Crippen LogP contribution in [-0.4, -0.2) is 17.0 Å². The normalized spacial score (nSPS) is 10.8. The standard InChI is InChI=1S/C22H23NO2/c1-4-25-15-19-12-8-9-13-21(19)23-16(2)14-20(17(23)3)22(24)18-10-6-5-7-11-18/h5-14H,4,15H2,1-3H3. The van der Waals surface area contributed by atoms with Gasteiger partial charge in [-0.25, -0.2) is 0 Å². The zero-order valence-electron chi connectivity index (χ0n) is 15.0. The van der Waals surface area contributed by atoms with Crippen molar-refractivity contribution in [1.82, 2.24) is 4.57 Å². The third kappa shape index (κ3) is 3.42. The minimum Gasteiger partial charge on any atom is -0.377 e. The molecule has 3 aromatic rings. The van der Waals surface area contributed by atoms with Gasteiger partial charge in [0.1, 0.15) is 0 Å². The van der Waals surface area contributed by atoms with Crippen molar-refractivity contribution in [2.24, 2.45) is 0 Å². The fraction of sp³-hybridized carbons (Fsp3) is 0.227. The fourth-order valence-corrected chi connectivity index (χ4v) is 3.17. The second-order valence-electron chi connectivity index (χ2n) is 6.08. The molecule has 0 radical (unpaired) electrons. The highest BCUT2D eigenvalue weighted by atomic mass is 16.5. The first-order valence-electron chi connectivity index (χ1n) is 8.58. The lowest BCUT2D eigenvalue weighted by atomic mass is 10.0. The Labute approximate surface area is 148 Å². The molecule has 0 saturated carbocycles. The van der Waals surface area contributed by atoms with Crippen LogP contribution in [0.5, 0.6) is 0 Å². The van der Waals surface area contributed by atoms with Gasteiger partial charge in [0.15, 0.2) is 5.78 Å². The molecular weight excluding hydrogens is 310 g/mol. The van der Waals surface area contributed by atoms with Gasteiger partial charge in [0.25, 0.3) is 0 Å². The maximum absolute atomic E-state index is 12.9. The number of nitrogens with zero attached hydrogens (tertiary/aromatic N) is 1. The number of carbonyl (C=O) groups excluding carboxylic acids is 1. The van der Waals surface area contributed by atoms with Crippen LogP contribution >= 0.6 is 0 Å². The summed E-state index contributed by atoms with van der Waals surface area (Å²) in [5.41, 5.74) is 5.64. The number of para-hydroxylation sites is 1. The molecule has 0 saturated heterocycles. The van der Waals surface area contributed by atoms with Crippen molar-refractivity contribution in [3.63, 3.8) is 0 Å². The first kappa shape index (κ1) is 17.2. The predicted octanol–water partition coefficient (Wildman–Crippen LogP) is 4.86. The molecule has 0 fully saturated rings. The summed E-state index contributed by atoms with van der Waals surface area (Å²) in [5, 5.41) is 0. The topological polar surface area (TPSA) is 31.2 Å². The molecule has 0 unspecified atom stereocenters. The van der Waals surface area contributed by atoms with Gasteiger partial charge in [0.05, 0.1) is 12.3 Å². The van der Waals surface area contributed by atoms with Crippen molar-refractivity contribution in [3.8, 4) is 5.69 Å². The average molecular weight is 333 g/mol. The monoisotopic (exact) mass is 333 g/mol. The predicted molar refractivity (Wildman–Crippen MR) is 100 cm³/mol. The number of benzene rings is 2. The van der Waals surface area contributed by atoms with Gasteiger partial charge in [0.2, 0.25) is 0 Å². The maximum atomic E-state index is 12.9. The summed E-state index contributed by atoms with van der Waals surface area (Å²) in [5.74, 6) is 0.0576. The molecule has 0 aliphatic carbocycles. The molecular formula is C22H23NO2. The van der Waals surface area contributed by atoms with E-state index in [1.807, 2.05) is 69.3 Å². The summed E-state index contributed by atoms with van der Waals surface area (Å²) >= 11 is 0. The number of ketones is 1. The first-order valence-corrected chi connectivity index (χ1v) is 8.58. The third-order valence-electron chi connectivity index (χ3n) is 4.41. The Morgan fingerprint density at radius 2 is 1.68 bits per heavy atom. The molecule has 1 heterocycles. The quantitative estimate of drug-likeness (QED) is 0.603. The average Bonchev–Trinajstić information content (AvgIpc) is 2.94. The number of hydrogen-bond donors (Lipinski definition) is 0. The van der Waals surface area contributed by atoms with E-state index < -0.39 is 0 Å². The van der Waals surface area contributed by atoms with Crippen molar-refractivity contribution in [1.29, 1.82) is 0 Å². The van der Waals surface area contributed by atoms with Gasteiger partial charge in [0, 0.05) is 34.7 Å². The summed E-state index contributed by atoms with van der Waals surface area (Å²) in [6, 6.07) is 19.6. The highest BCUT2D eigenvalue weighted by Gasteiger charge is 2.19. The Morgan fingerprint density at radius 3 is 2.40 bits per heavy atom. The minimum absolute atomic E-state index is 0.0576. The molecule has 0 aliphatic heterocycles. The van der Waals surface area contributed by atoms with Crippen LogP contribution in [0, 0.1) is 13.8 Å². The van der Waals surface area contributed by atoms with E-state index >= 15 is 0 Å². The Bertz CT molecular complexity index is 878. The van der Waals surface area contributed by atoms with Gasteiger partial charge in [-0.15, -0.1) is 0 Å². The summed E-state index contributed by atoms with van der Waals surface area (Å²) in [4.78, 5) is 12.9. The van der Waals surface area contributed by atoms with Gasteiger partial charge in [-0.1, -0.05) is 48.5 Å². The molecule has 3 nitrogen and oxygen atoms in total. The lowest BCUT2D eigenvalue weighted by molar-refractivity contribution is 0.103. The zero-order valence-corrected chi connectivity index (χ0v) is 15.0. The smallest absolute Gasteiger partial charge is 0.194 e. The van der Waals surface area contributed by atoms with E-state index in [1.165, 1.54) is 0 Å². The number of carbonyl (C=O) groups is 1.